The van der Waals surface area contributed by atoms with Crippen LogP contribution in [0.2, 0.25) is 0 Å². The number of amides is 1. The maximum atomic E-state index is 13.1. The molecule has 0 spiro atoms. The number of anilines is 2. The molecule has 1 saturated heterocycles. The van der Waals surface area contributed by atoms with Gasteiger partial charge in [0.2, 0.25) is 0 Å². The summed E-state index contributed by atoms with van der Waals surface area (Å²) in [4.78, 5) is 43.5. The molecule has 0 radical (unpaired) electrons. The maximum Gasteiger partial charge on any atom is 0.408 e. The van der Waals surface area contributed by atoms with Crippen LogP contribution in [-0.4, -0.2) is 51.7 Å². The normalized spacial score (nSPS) is 14.3. The van der Waals surface area contributed by atoms with E-state index in [2.05, 4.69) is 55.1 Å². The number of nitrogens with zero attached hydrogens (tertiary/aromatic N) is 4. The molecule has 4 heterocycles. The van der Waals surface area contributed by atoms with Crippen molar-refractivity contribution < 1.29 is 19.1 Å². The predicted molar refractivity (Wildman–Crippen MR) is 185 cm³/mol. The molecule has 10 nitrogen and oxygen atoms in total. The Morgan fingerprint density at radius 3 is 2.53 bits per heavy atom. The summed E-state index contributed by atoms with van der Waals surface area (Å²) in [5.74, 6) is 1.66. The minimum atomic E-state index is -0.894. The molecule has 1 atom stereocenters. The molecule has 248 valence electrons. The average molecular weight is 657 g/mol. The van der Waals surface area contributed by atoms with Crippen molar-refractivity contribution in [1.82, 2.24) is 20.3 Å². The third kappa shape index (κ3) is 9.99. The first-order valence-electron chi connectivity index (χ1n) is 16.1. The van der Waals surface area contributed by atoms with Gasteiger partial charge in [0.15, 0.2) is 0 Å². The van der Waals surface area contributed by atoms with Gasteiger partial charge in [-0.15, -0.1) is 11.3 Å². The van der Waals surface area contributed by atoms with Gasteiger partial charge in [0, 0.05) is 40.8 Å². The zero-order valence-electron chi connectivity index (χ0n) is 27.6. The van der Waals surface area contributed by atoms with Crippen LogP contribution in [0.15, 0.2) is 72.4 Å². The highest BCUT2D eigenvalue weighted by molar-refractivity contribution is 7.09. The number of carbonyl (C=O) groups excluding carboxylic acids is 2. The van der Waals surface area contributed by atoms with Crippen molar-refractivity contribution in [2.75, 3.05) is 23.3 Å². The maximum absolute atomic E-state index is 13.1. The van der Waals surface area contributed by atoms with Crippen molar-refractivity contribution >= 4 is 35.0 Å². The lowest BCUT2D eigenvalue weighted by molar-refractivity contribution is -0.157. The van der Waals surface area contributed by atoms with E-state index in [-0.39, 0.29) is 6.61 Å². The molecule has 1 aliphatic rings. The number of ether oxygens (including phenoxy) is 2. The first-order valence-corrected chi connectivity index (χ1v) is 17.0. The van der Waals surface area contributed by atoms with Crippen LogP contribution in [0.5, 0.6) is 0 Å². The number of thiophene rings is 1. The van der Waals surface area contributed by atoms with Crippen LogP contribution in [0, 0.1) is 6.92 Å². The van der Waals surface area contributed by atoms with E-state index < -0.39 is 23.7 Å². The SMILES string of the molecule is Cc1c(CCC(NC(=O)OCc2ccccc2)C(=O)OC(C)(C)C)ncnc1N1CCC(c2cccc(NCc3cccs3)n2)CC1. The monoisotopic (exact) mass is 656 g/mol. The molecule has 3 aromatic heterocycles. The minimum Gasteiger partial charge on any atom is -0.458 e. The van der Waals surface area contributed by atoms with Crippen LogP contribution in [0.25, 0.3) is 0 Å². The third-order valence-electron chi connectivity index (χ3n) is 8.04. The fraction of sp³-hybridized carbons (Fsp3) is 0.417. The van der Waals surface area contributed by atoms with Crippen LogP contribution in [0.4, 0.5) is 16.4 Å². The summed E-state index contributed by atoms with van der Waals surface area (Å²) < 4.78 is 11.0. The van der Waals surface area contributed by atoms with Crippen molar-refractivity contribution in [2.45, 2.75) is 84.1 Å². The lowest BCUT2D eigenvalue weighted by atomic mass is 9.92. The van der Waals surface area contributed by atoms with Crippen LogP contribution in [-0.2, 0) is 33.8 Å². The third-order valence-corrected chi connectivity index (χ3v) is 8.91. The second kappa shape index (κ2) is 15.9. The number of aryl methyl sites for hydroxylation is 1. The number of nitrogens with one attached hydrogen (secondary N) is 2. The molecule has 0 bridgehead atoms. The molecule has 11 heteroatoms. The number of piperidine rings is 1. The van der Waals surface area contributed by atoms with Crippen molar-refractivity contribution in [3.8, 4) is 0 Å². The van der Waals surface area contributed by atoms with E-state index in [1.165, 1.54) is 4.88 Å². The standard InChI is InChI=1S/C36H44N6O4S/c1-25-29(15-16-31(34(43)46-36(2,3)4)41-35(44)45-23-26-10-6-5-7-11-26)38-24-39-33(25)42-19-17-27(18-20-42)30-13-8-14-32(40-30)37-22-28-12-9-21-47-28/h5-14,21,24,27,31H,15-20,22-23H2,1-4H3,(H,37,40)(H,41,44). The Morgan fingerprint density at radius 2 is 1.81 bits per heavy atom. The summed E-state index contributed by atoms with van der Waals surface area (Å²) in [6, 6.07) is 18.9. The molecule has 47 heavy (non-hydrogen) atoms. The van der Waals surface area contributed by atoms with Crippen LogP contribution < -0.4 is 15.5 Å². The Kier molecular flexibility index (Phi) is 11.4. The quantitative estimate of drug-likeness (QED) is 0.159. The summed E-state index contributed by atoms with van der Waals surface area (Å²) in [6.45, 7) is 10.0. The molecule has 1 aliphatic heterocycles. The van der Waals surface area contributed by atoms with E-state index in [4.69, 9.17) is 14.5 Å². The van der Waals surface area contributed by atoms with Gasteiger partial charge in [-0.1, -0.05) is 42.5 Å². The first-order chi connectivity index (χ1) is 22.6. The zero-order chi connectivity index (χ0) is 33.2. The Labute approximate surface area is 281 Å². The van der Waals surface area contributed by atoms with E-state index in [9.17, 15) is 9.59 Å². The zero-order valence-corrected chi connectivity index (χ0v) is 28.4. The molecule has 1 unspecified atom stereocenters. The number of pyridine rings is 1. The van der Waals surface area contributed by atoms with Gasteiger partial charge >= 0.3 is 12.1 Å². The number of alkyl carbamates (subject to hydrolysis) is 1. The fourth-order valence-electron chi connectivity index (χ4n) is 5.61. The summed E-state index contributed by atoms with van der Waals surface area (Å²) in [5.41, 5.74) is 3.07. The highest BCUT2D eigenvalue weighted by Crippen LogP contribution is 2.31. The van der Waals surface area contributed by atoms with Crippen molar-refractivity contribution in [2.24, 2.45) is 0 Å². The van der Waals surface area contributed by atoms with E-state index in [0.717, 1.165) is 66.6 Å². The van der Waals surface area contributed by atoms with Crippen LogP contribution in [0.3, 0.4) is 0 Å². The number of hydrogen-bond donors (Lipinski definition) is 2. The molecule has 5 rings (SSSR count). The van der Waals surface area contributed by atoms with Crippen LogP contribution in [0.1, 0.15) is 73.3 Å². The number of benzene rings is 1. The highest BCUT2D eigenvalue weighted by Gasteiger charge is 2.29. The molecule has 1 aromatic carbocycles. The number of esters is 1. The lowest BCUT2D eigenvalue weighted by Gasteiger charge is -2.33. The highest BCUT2D eigenvalue weighted by atomic mass is 32.1. The second-order valence-corrected chi connectivity index (χ2v) is 13.8. The largest absolute Gasteiger partial charge is 0.458 e. The van der Waals surface area contributed by atoms with E-state index in [1.54, 1.807) is 38.4 Å². The van der Waals surface area contributed by atoms with Crippen molar-refractivity contribution in [1.29, 1.82) is 0 Å². The molecular formula is C36H44N6O4S. The smallest absolute Gasteiger partial charge is 0.408 e. The van der Waals surface area contributed by atoms with Crippen molar-refractivity contribution in [3.63, 3.8) is 0 Å². The molecule has 4 aromatic rings. The topological polar surface area (TPSA) is 119 Å². The number of hydrogen-bond acceptors (Lipinski definition) is 10. The van der Waals surface area contributed by atoms with Gasteiger partial charge in [-0.2, -0.15) is 0 Å². The predicted octanol–water partition coefficient (Wildman–Crippen LogP) is 6.81. The van der Waals surface area contributed by atoms with Gasteiger partial charge < -0.3 is 25.0 Å². The van der Waals surface area contributed by atoms with E-state index in [1.807, 2.05) is 43.3 Å². The summed E-state index contributed by atoms with van der Waals surface area (Å²) in [5, 5.41) is 8.25. The van der Waals surface area contributed by atoms with Gasteiger partial charge in [-0.25, -0.2) is 24.5 Å². The molecule has 2 N–H and O–H groups in total. The minimum absolute atomic E-state index is 0.104. The summed E-state index contributed by atoms with van der Waals surface area (Å²) in [7, 11) is 0. The average Bonchev–Trinajstić information content (AvgIpc) is 3.59. The Morgan fingerprint density at radius 1 is 1.02 bits per heavy atom. The molecule has 1 amide bonds. The van der Waals surface area contributed by atoms with Gasteiger partial charge in [-0.05, 0) is 82.5 Å². The Hall–Kier alpha value is -4.51. The summed E-state index contributed by atoms with van der Waals surface area (Å²) in [6.07, 6.45) is 3.60. The van der Waals surface area contributed by atoms with E-state index >= 15 is 0 Å². The Bertz CT molecular complexity index is 1600. The summed E-state index contributed by atoms with van der Waals surface area (Å²) >= 11 is 1.74. The van der Waals surface area contributed by atoms with Gasteiger partial charge in [0.25, 0.3) is 0 Å². The number of rotatable bonds is 12. The van der Waals surface area contributed by atoms with Crippen molar-refractivity contribution in [3.05, 3.63) is 99.8 Å². The van der Waals surface area contributed by atoms with Gasteiger partial charge in [0.05, 0.1) is 6.54 Å². The second-order valence-electron chi connectivity index (χ2n) is 12.7. The van der Waals surface area contributed by atoms with Gasteiger partial charge in [0.1, 0.15) is 36.2 Å². The van der Waals surface area contributed by atoms with Crippen LogP contribution >= 0.6 is 11.3 Å². The van der Waals surface area contributed by atoms with E-state index in [0.29, 0.717) is 18.8 Å². The fourth-order valence-corrected chi connectivity index (χ4v) is 6.26. The molecule has 1 fully saturated rings. The molecule has 0 saturated carbocycles. The lowest BCUT2D eigenvalue weighted by Crippen LogP contribution is -2.44. The van der Waals surface area contributed by atoms with Gasteiger partial charge in [-0.3, -0.25) is 0 Å². The molecular weight excluding hydrogens is 613 g/mol. The first kappa shape index (κ1) is 33.8. The molecule has 0 aliphatic carbocycles. The number of aromatic nitrogens is 3. The Balaban J connectivity index is 1.18. The number of carbonyl (C=O) groups is 2.